The van der Waals surface area contributed by atoms with Crippen molar-refractivity contribution in [2.75, 3.05) is 46.9 Å². The van der Waals surface area contributed by atoms with E-state index in [0.29, 0.717) is 17.2 Å². The third-order valence-corrected chi connectivity index (χ3v) is 5.65. The maximum Gasteiger partial charge on any atom is 0.257 e. The minimum Gasteiger partial charge on any atom is -0.496 e. The molecule has 1 saturated carbocycles. The molecule has 0 heterocycles. The van der Waals surface area contributed by atoms with Crippen molar-refractivity contribution >= 4 is 16.7 Å². The number of ether oxygens (including phenoxy) is 2. The van der Waals surface area contributed by atoms with Gasteiger partial charge in [0.1, 0.15) is 11.5 Å². The fourth-order valence-corrected chi connectivity index (χ4v) is 3.65. The molecule has 0 aliphatic heterocycles. The van der Waals surface area contributed by atoms with Crippen LogP contribution >= 0.6 is 0 Å². The van der Waals surface area contributed by atoms with Gasteiger partial charge in [0.25, 0.3) is 5.91 Å². The minimum atomic E-state index is 0.0561. The van der Waals surface area contributed by atoms with Crippen LogP contribution in [0.2, 0.25) is 0 Å². The maximum absolute atomic E-state index is 13.5. The van der Waals surface area contributed by atoms with E-state index >= 15 is 0 Å². The zero-order valence-corrected chi connectivity index (χ0v) is 17.5. The molecule has 1 aliphatic rings. The molecule has 2 aromatic rings. The lowest BCUT2D eigenvalue weighted by atomic mass is 10.0. The molecule has 0 aromatic heterocycles. The van der Waals surface area contributed by atoms with Crippen molar-refractivity contribution in [1.82, 2.24) is 9.80 Å². The second kappa shape index (κ2) is 9.28. The molecular formula is C23H32N2O3. The topological polar surface area (TPSA) is 42.0 Å². The predicted molar refractivity (Wildman–Crippen MR) is 113 cm³/mol. The third-order valence-electron chi connectivity index (χ3n) is 5.65. The molecule has 0 bridgehead atoms. The first-order valence-corrected chi connectivity index (χ1v) is 10.3. The average molecular weight is 385 g/mol. The van der Waals surface area contributed by atoms with Gasteiger partial charge in [0.15, 0.2) is 0 Å². The number of rotatable bonds is 10. The highest BCUT2D eigenvalue weighted by Crippen LogP contribution is 2.34. The lowest BCUT2D eigenvalue weighted by molar-refractivity contribution is 0.0725. The van der Waals surface area contributed by atoms with Gasteiger partial charge in [-0.1, -0.05) is 26.0 Å². The van der Waals surface area contributed by atoms with E-state index < -0.39 is 0 Å². The smallest absolute Gasteiger partial charge is 0.257 e. The van der Waals surface area contributed by atoms with Crippen LogP contribution in [0.25, 0.3) is 10.8 Å². The Kier molecular flexibility index (Phi) is 6.79. The molecule has 152 valence electrons. The lowest BCUT2D eigenvalue weighted by Gasteiger charge is -2.27. The summed E-state index contributed by atoms with van der Waals surface area (Å²) in [6.45, 7) is 8.81. The van der Waals surface area contributed by atoms with Gasteiger partial charge in [-0.25, -0.2) is 0 Å². The summed E-state index contributed by atoms with van der Waals surface area (Å²) in [7, 11) is 3.28. The zero-order valence-electron chi connectivity index (χ0n) is 17.5. The number of hydrogen-bond donors (Lipinski definition) is 0. The largest absolute Gasteiger partial charge is 0.496 e. The zero-order chi connectivity index (χ0) is 20.1. The fraction of sp³-hybridized carbons (Fsp3) is 0.522. The maximum atomic E-state index is 13.5. The van der Waals surface area contributed by atoms with Gasteiger partial charge in [-0.3, -0.25) is 4.79 Å². The quantitative estimate of drug-likeness (QED) is 0.620. The van der Waals surface area contributed by atoms with Crippen LogP contribution in [0.15, 0.2) is 30.3 Å². The predicted octanol–water partition coefficient (Wildman–Crippen LogP) is 4.05. The molecule has 0 unspecified atom stereocenters. The summed E-state index contributed by atoms with van der Waals surface area (Å²) < 4.78 is 11.1. The second-order valence-electron chi connectivity index (χ2n) is 7.46. The van der Waals surface area contributed by atoms with Crippen LogP contribution in [-0.2, 0) is 0 Å². The Hall–Kier alpha value is -2.27. The van der Waals surface area contributed by atoms with Crippen molar-refractivity contribution in [2.45, 2.75) is 26.7 Å². The van der Waals surface area contributed by atoms with Crippen molar-refractivity contribution < 1.29 is 14.3 Å². The van der Waals surface area contributed by atoms with Gasteiger partial charge in [0.05, 0.1) is 19.8 Å². The number of carbonyl (C=O) groups is 1. The molecule has 0 atom stereocenters. The van der Waals surface area contributed by atoms with Gasteiger partial charge in [-0.15, -0.1) is 0 Å². The third kappa shape index (κ3) is 4.58. The van der Waals surface area contributed by atoms with Gasteiger partial charge in [0.2, 0.25) is 0 Å². The van der Waals surface area contributed by atoms with E-state index in [-0.39, 0.29) is 5.91 Å². The number of amides is 1. The van der Waals surface area contributed by atoms with Crippen LogP contribution in [0, 0.1) is 5.92 Å². The highest BCUT2D eigenvalue weighted by Gasteiger charge is 2.29. The number of fused-ring (bicyclic) bond motifs is 1. The molecule has 3 rings (SSSR count). The van der Waals surface area contributed by atoms with Crippen molar-refractivity contribution in [3.8, 4) is 11.5 Å². The molecule has 0 radical (unpaired) electrons. The molecule has 2 aromatic carbocycles. The summed E-state index contributed by atoms with van der Waals surface area (Å²) in [6.07, 6.45) is 2.45. The first kappa shape index (κ1) is 20.5. The number of benzene rings is 2. The van der Waals surface area contributed by atoms with Crippen molar-refractivity contribution in [1.29, 1.82) is 0 Å². The van der Waals surface area contributed by atoms with Gasteiger partial charge < -0.3 is 19.3 Å². The number of hydrogen-bond acceptors (Lipinski definition) is 4. The van der Waals surface area contributed by atoms with Crippen LogP contribution in [0.1, 0.15) is 37.0 Å². The van der Waals surface area contributed by atoms with E-state index in [1.165, 1.54) is 12.8 Å². The van der Waals surface area contributed by atoms with E-state index in [1.807, 2.05) is 35.2 Å². The van der Waals surface area contributed by atoms with Gasteiger partial charge in [0, 0.05) is 25.0 Å². The molecule has 0 saturated heterocycles. The fourth-order valence-electron chi connectivity index (χ4n) is 3.65. The van der Waals surface area contributed by atoms with Crippen LogP contribution < -0.4 is 9.47 Å². The molecule has 5 heteroatoms. The van der Waals surface area contributed by atoms with Crippen LogP contribution in [0.3, 0.4) is 0 Å². The molecule has 0 spiro atoms. The number of methoxy groups -OCH3 is 2. The number of carbonyl (C=O) groups excluding carboxylic acids is 1. The Balaban J connectivity index is 1.91. The van der Waals surface area contributed by atoms with Crippen LogP contribution in [0.4, 0.5) is 0 Å². The van der Waals surface area contributed by atoms with E-state index in [9.17, 15) is 4.79 Å². The van der Waals surface area contributed by atoms with E-state index in [4.69, 9.17) is 9.47 Å². The summed E-state index contributed by atoms with van der Waals surface area (Å²) in [5.41, 5.74) is 0.628. The Labute approximate surface area is 168 Å². The monoisotopic (exact) mass is 384 g/mol. The Bertz CT molecular complexity index is 813. The molecule has 1 aliphatic carbocycles. The molecule has 5 nitrogen and oxygen atoms in total. The average Bonchev–Trinajstić information content (AvgIpc) is 3.55. The van der Waals surface area contributed by atoms with Crippen LogP contribution in [0.5, 0.6) is 11.5 Å². The molecule has 0 N–H and O–H groups in total. The van der Waals surface area contributed by atoms with Gasteiger partial charge in [-0.05, 0) is 55.4 Å². The summed E-state index contributed by atoms with van der Waals surface area (Å²) >= 11 is 0. The first-order valence-electron chi connectivity index (χ1n) is 10.3. The Morgan fingerprint density at radius 3 is 2.36 bits per heavy atom. The van der Waals surface area contributed by atoms with Crippen LogP contribution in [-0.4, -0.2) is 62.7 Å². The second-order valence-corrected chi connectivity index (χ2v) is 7.46. The number of likely N-dealkylation sites (N-methyl/N-ethyl adjacent to an activating group) is 1. The van der Waals surface area contributed by atoms with E-state index in [2.05, 4.69) is 18.7 Å². The number of nitrogens with zero attached hydrogens (tertiary/aromatic N) is 2. The van der Waals surface area contributed by atoms with E-state index in [1.54, 1.807) is 14.2 Å². The minimum absolute atomic E-state index is 0.0561. The first-order chi connectivity index (χ1) is 13.6. The SMILES string of the molecule is CCN(CC)CCN(CC1CC1)C(=O)c1cc2cccc(OC)c2cc1OC. The highest BCUT2D eigenvalue weighted by atomic mass is 16.5. The Morgan fingerprint density at radius 2 is 1.75 bits per heavy atom. The summed E-state index contributed by atoms with van der Waals surface area (Å²) in [4.78, 5) is 17.8. The van der Waals surface area contributed by atoms with Crippen molar-refractivity contribution in [3.63, 3.8) is 0 Å². The van der Waals surface area contributed by atoms with Gasteiger partial charge in [-0.2, -0.15) is 0 Å². The standard InChI is InChI=1S/C23H32N2O3/c1-5-24(6-2)12-13-25(16-17-10-11-17)23(26)20-14-18-8-7-9-21(27-3)19(18)15-22(20)28-4/h7-9,14-15,17H,5-6,10-13,16H2,1-4H3. The normalized spacial score (nSPS) is 13.8. The molecule has 28 heavy (non-hydrogen) atoms. The Morgan fingerprint density at radius 1 is 1.04 bits per heavy atom. The van der Waals surface area contributed by atoms with Gasteiger partial charge >= 0.3 is 0 Å². The molecule has 1 amide bonds. The lowest BCUT2D eigenvalue weighted by Crippen LogP contribution is -2.40. The van der Waals surface area contributed by atoms with Crippen molar-refractivity contribution in [3.05, 3.63) is 35.9 Å². The molecule has 1 fully saturated rings. The van der Waals surface area contributed by atoms with E-state index in [0.717, 1.165) is 49.2 Å². The summed E-state index contributed by atoms with van der Waals surface area (Å²) in [5.74, 6) is 2.09. The van der Waals surface area contributed by atoms with Crippen molar-refractivity contribution in [2.24, 2.45) is 5.92 Å². The highest BCUT2D eigenvalue weighted by molar-refractivity contribution is 6.02. The summed E-state index contributed by atoms with van der Waals surface area (Å²) in [5, 5.41) is 1.94. The summed E-state index contributed by atoms with van der Waals surface area (Å²) in [6, 6.07) is 9.74. The molecular weight excluding hydrogens is 352 g/mol.